The number of ketones is 1. The van der Waals surface area contributed by atoms with Gasteiger partial charge in [0.25, 0.3) is 0 Å². The van der Waals surface area contributed by atoms with E-state index in [1.165, 1.54) is 0 Å². The van der Waals surface area contributed by atoms with Gasteiger partial charge in [0.1, 0.15) is 11.3 Å². The van der Waals surface area contributed by atoms with E-state index in [9.17, 15) is 4.79 Å². The largest absolute Gasteiger partial charge is 0.345 e. The minimum Gasteiger partial charge on any atom is -0.345 e. The van der Waals surface area contributed by atoms with Crippen LogP contribution in [-0.4, -0.2) is 25.5 Å². The quantitative estimate of drug-likeness (QED) is 0.739. The first-order chi connectivity index (χ1) is 9.06. The van der Waals surface area contributed by atoms with Crippen molar-refractivity contribution in [1.29, 1.82) is 0 Å². The van der Waals surface area contributed by atoms with Crippen LogP contribution in [0.2, 0.25) is 0 Å². The molecule has 0 aliphatic rings. The van der Waals surface area contributed by atoms with Gasteiger partial charge >= 0.3 is 0 Å². The van der Waals surface area contributed by atoms with Gasteiger partial charge in [0.05, 0.1) is 11.3 Å². The first-order valence-corrected chi connectivity index (χ1v) is 6.53. The molecular weight excluding hydrogens is 308 g/mol. The normalized spacial score (nSPS) is 11.1. The molecule has 19 heavy (non-hydrogen) atoms. The molecule has 0 aromatic carbocycles. The van der Waals surface area contributed by atoms with E-state index in [2.05, 4.69) is 31.0 Å². The molecule has 5 nitrogen and oxygen atoms in total. The van der Waals surface area contributed by atoms with Crippen LogP contribution in [0.25, 0.3) is 11.0 Å². The molecule has 0 aliphatic heterocycles. The molecule has 0 atom stereocenters. The Labute approximate surface area is 117 Å². The average molecular weight is 319 g/mol. The van der Waals surface area contributed by atoms with Crippen LogP contribution >= 0.6 is 15.9 Å². The van der Waals surface area contributed by atoms with Gasteiger partial charge in [0, 0.05) is 29.3 Å². The average Bonchev–Trinajstić information content (AvgIpc) is 2.91. The maximum atomic E-state index is 12.5. The van der Waals surface area contributed by atoms with Gasteiger partial charge in [0.15, 0.2) is 0 Å². The summed E-state index contributed by atoms with van der Waals surface area (Å²) < 4.78 is 2.44. The van der Waals surface area contributed by atoms with Crippen LogP contribution < -0.4 is 0 Å². The fourth-order valence-corrected chi connectivity index (χ4v) is 2.46. The number of aromatic nitrogens is 4. The van der Waals surface area contributed by atoms with Gasteiger partial charge in [-0.3, -0.25) is 9.48 Å². The number of aryl methyl sites for hydroxylation is 2. The third-order valence-electron chi connectivity index (χ3n) is 2.98. The highest BCUT2D eigenvalue weighted by atomic mass is 79.9. The Morgan fingerprint density at radius 3 is 2.89 bits per heavy atom. The van der Waals surface area contributed by atoms with Gasteiger partial charge in [-0.05, 0) is 35.0 Å². The molecule has 0 aliphatic carbocycles. The summed E-state index contributed by atoms with van der Waals surface area (Å²) in [6, 6.07) is 3.67. The van der Waals surface area contributed by atoms with Crippen molar-refractivity contribution in [2.45, 2.75) is 6.92 Å². The Morgan fingerprint density at radius 1 is 1.42 bits per heavy atom. The molecule has 0 saturated heterocycles. The topological polar surface area (TPSA) is 63.6 Å². The smallest absolute Gasteiger partial charge is 0.213 e. The highest BCUT2D eigenvalue weighted by Crippen LogP contribution is 2.23. The van der Waals surface area contributed by atoms with Gasteiger partial charge in [-0.1, -0.05) is 0 Å². The molecule has 6 heteroatoms. The number of H-pyrrole nitrogens is 1. The molecule has 0 saturated carbocycles. The van der Waals surface area contributed by atoms with Crippen molar-refractivity contribution in [2.24, 2.45) is 7.05 Å². The highest BCUT2D eigenvalue weighted by molar-refractivity contribution is 9.10. The van der Waals surface area contributed by atoms with E-state index < -0.39 is 0 Å². The summed E-state index contributed by atoms with van der Waals surface area (Å²) in [4.78, 5) is 19.8. The summed E-state index contributed by atoms with van der Waals surface area (Å²) >= 11 is 3.37. The first kappa shape index (κ1) is 12.1. The molecule has 3 aromatic rings. The second-order valence-electron chi connectivity index (χ2n) is 4.38. The number of pyridine rings is 1. The maximum Gasteiger partial charge on any atom is 0.213 e. The monoisotopic (exact) mass is 318 g/mol. The van der Waals surface area contributed by atoms with E-state index in [-0.39, 0.29) is 5.78 Å². The van der Waals surface area contributed by atoms with E-state index >= 15 is 0 Å². The Hall–Kier alpha value is -1.95. The van der Waals surface area contributed by atoms with Crippen molar-refractivity contribution in [3.8, 4) is 0 Å². The Balaban J connectivity index is 2.16. The third-order valence-corrected chi connectivity index (χ3v) is 3.41. The Morgan fingerprint density at radius 2 is 2.21 bits per heavy atom. The lowest BCUT2D eigenvalue weighted by Gasteiger charge is -2.00. The highest BCUT2D eigenvalue weighted by Gasteiger charge is 2.18. The fourth-order valence-electron chi connectivity index (χ4n) is 2.13. The number of carbonyl (C=O) groups is 1. The fraction of sp³-hybridized carbons (Fsp3) is 0.154. The van der Waals surface area contributed by atoms with E-state index in [4.69, 9.17) is 0 Å². The van der Waals surface area contributed by atoms with Crippen LogP contribution in [0.4, 0.5) is 0 Å². The maximum absolute atomic E-state index is 12.5. The molecule has 0 amide bonds. The lowest BCUT2D eigenvalue weighted by atomic mass is 10.1. The number of fused-ring (bicyclic) bond motifs is 1. The molecule has 0 fully saturated rings. The molecule has 96 valence electrons. The Bertz CT molecular complexity index is 787. The van der Waals surface area contributed by atoms with E-state index in [1.54, 1.807) is 30.2 Å². The lowest BCUT2D eigenvalue weighted by molar-refractivity contribution is 0.103. The SMILES string of the molecule is Cc1cc(C(=O)c2c[nH]c3ncc(Br)cc23)n(C)n1. The number of aromatic amines is 1. The van der Waals surface area contributed by atoms with E-state index in [1.807, 2.05) is 13.0 Å². The predicted molar refractivity (Wildman–Crippen MR) is 75.2 cm³/mol. The molecule has 1 N–H and O–H groups in total. The van der Waals surface area contributed by atoms with E-state index in [0.29, 0.717) is 16.9 Å². The minimum absolute atomic E-state index is 0.0609. The van der Waals surface area contributed by atoms with Gasteiger partial charge < -0.3 is 4.98 Å². The van der Waals surface area contributed by atoms with Crippen LogP contribution in [0, 0.1) is 6.92 Å². The van der Waals surface area contributed by atoms with Gasteiger partial charge in [-0.25, -0.2) is 4.98 Å². The number of hydrogen-bond acceptors (Lipinski definition) is 3. The van der Waals surface area contributed by atoms with Crippen molar-refractivity contribution in [1.82, 2.24) is 19.7 Å². The zero-order valence-electron chi connectivity index (χ0n) is 10.4. The van der Waals surface area contributed by atoms with Gasteiger partial charge in [0.2, 0.25) is 5.78 Å². The molecule has 0 spiro atoms. The summed E-state index contributed by atoms with van der Waals surface area (Å²) in [6.07, 6.45) is 3.39. The van der Waals surface area contributed by atoms with Crippen molar-refractivity contribution >= 4 is 32.7 Å². The number of halogens is 1. The molecule has 0 bridgehead atoms. The molecule has 3 heterocycles. The molecular formula is C13H11BrN4O. The zero-order chi connectivity index (χ0) is 13.6. The molecule has 3 rings (SSSR count). The van der Waals surface area contributed by atoms with Crippen LogP contribution in [0.5, 0.6) is 0 Å². The third kappa shape index (κ3) is 1.98. The first-order valence-electron chi connectivity index (χ1n) is 5.74. The van der Waals surface area contributed by atoms with Crippen molar-refractivity contribution in [3.05, 3.63) is 46.0 Å². The molecule has 0 unspecified atom stereocenters. The van der Waals surface area contributed by atoms with Gasteiger partial charge in [-0.2, -0.15) is 5.10 Å². The zero-order valence-corrected chi connectivity index (χ0v) is 12.0. The lowest BCUT2D eigenvalue weighted by Crippen LogP contribution is -2.07. The summed E-state index contributed by atoms with van der Waals surface area (Å²) in [7, 11) is 1.77. The summed E-state index contributed by atoms with van der Waals surface area (Å²) in [5, 5.41) is 5.00. The summed E-state index contributed by atoms with van der Waals surface area (Å²) in [6.45, 7) is 1.87. The number of rotatable bonds is 2. The van der Waals surface area contributed by atoms with Crippen molar-refractivity contribution in [3.63, 3.8) is 0 Å². The molecule has 0 radical (unpaired) electrons. The van der Waals surface area contributed by atoms with Crippen LogP contribution in [0.3, 0.4) is 0 Å². The number of carbonyl (C=O) groups excluding carboxylic acids is 1. The second kappa shape index (κ2) is 4.31. The second-order valence-corrected chi connectivity index (χ2v) is 5.29. The summed E-state index contributed by atoms with van der Waals surface area (Å²) in [5.41, 5.74) is 2.70. The predicted octanol–water partition coefficient (Wildman–Crippen LogP) is 2.60. The molecule has 3 aromatic heterocycles. The number of nitrogens with one attached hydrogen (secondary N) is 1. The standard InChI is InChI=1S/C13H11BrN4O/c1-7-3-11(18(2)17-7)12(19)10-6-16-13-9(10)4-8(14)5-15-13/h3-6H,1-2H3,(H,15,16). The van der Waals surface area contributed by atoms with Crippen LogP contribution in [0.1, 0.15) is 21.7 Å². The van der Waals surface area contributed by atoms with Crippen LogP contribution in [-0.2, 0) is 7.05 Å². The Kier molecular flexibility index (Phi) is 2.74. The van der Waals surface area contributed by atoms with Gasteiger partial charge in [-0.15, -0.1) is 0 Å². The van der Waals surface area contributed by atoms with Crippen molar-refractivity contribution < 1.29 is 4.79 Å². The van der Waals surface area contributed by atoms with E-state index in [0.717, 1.165) is 15.6 Å². The van der Waals surface area contributed by atoms with Crippen LogP contribution in [0.15, 0.2) is 29.0 Å². The summed E-state index contributed by atoms with van der Waals surface area (Å²) in [5.74, 6) is -0.0609. The minimum atomic E-state index is -0.0609. The number of nitrogens with zero attached hydrogens (tertiary/aromatic N) is 3. The number of hydrogen-bond donors (Lipinski definition) is 1. The van der Waals surface area contributed by atoms with Crippen molar-refractivity contribution in [2.75, 3.05) is 0 Å².